The van der Waals surface area contributed by atoms with Crippen LogP contribution in [0.3, 0.4) is 0 Å². The highest BCUT2D eigenvalue weighted by molar-refractivity contribution is 7.92. The lowest BCUT2D eigenvalue weighted by molar-refractivity contribution is 0.415. The first-order valence-corrected chi connectivity index (χ1v) is 7.12. The van der Waals surface area contributed by atoms with Crippen LogP contribution in [0.1, 0.15) is 0 Å². The first-order valence-electron chi connectivity index (χ1n) is 5.64. The molecule has 0 aromatic heterocycles. The zero-order valence-electron chi connectivity index (χ0n) is 10.6. The molecule has 3 N–H and O–H groups in total. The van der Waals surface area contributed by atoms with Crippen LogP contribution in [-0.4, -0.2) is 15.5 Å². The smallest absolute Gasteiger partial charge is 0.264 e. The van der Waals surface area contributed by atoms with E-state index in [1.54, 1.807) is 18.2 Å². The number of rotatable bonds is 4. The zero-order valence-corrected chi connectivity index (χ0v) is 11.4. The topological polar surface area (TPSA) is 81.4 Å². The molecule has 7 heteroatoms. The Bertz CT molecular complexity index is 732. The second-order valence-electron chi connectivity index (χ2n) is 4.02. The largest absolute Gasteiger partial charge is 0.497 e. The van der Waals surface area contributed by atoms with Gasteiger partial charge in [-0.2, -0.15) is 0 Å². The molecule has 0 saturated heterocycles. The maximum Gasteiger partial charge on any atom is 0.264 e. The van der Waals surface area contributed by atoms with Gasteiger partial charge in [-0.15, -0.1) is 0 Å². The third kappa shape index (κ3) is 3.00. The Morgan fingerprint density at radius 2 is 1.95 bits per heavy atom. The van der Waals surface area contributed by atoms with E-state index in [0.29, 0.717) is 11.4 Å². The Morgan fingerprint density at radius 3 is 2.65 bits per heavy atom. The van der Waals surface area contributed by atoms with Crippen molar-refractivity contribution in [2.75, 3.05) is 17.6 Å². The molecule has 0 fully saturated rings. The molecule has 0 radical (unpaired) electrons. The van der Waals surface area contributed by atoms with Gasteiger partial charge in [-0.3, -0.25) is 4.72 Å². The third-order valence-electron chi connectivity index (χ3n) is 2.59. The van der Waals surface area contributed by atoms with E-state index in [9.17, 15) is 12.8 Å². The first-order chi connectivity index (χ1) is 9.42. The predicted octanol–water partition coefficient (Wildman–Crippen LogP) is 2.22. The van der Waals surface area contributed by atoms with Crippen LogP contribution in [0.25, 0.3) is 0 Å². The summed E-state index contributed by atoms with van der Waals surface area (Å²) in [5, 5.41) is 0. The molecule has 0 aliphatic heterocycles. The zero-order chi connectivity index (χ0) is 14.8. The Kier molecular flexibility index (Phi) is 3.80. The Morgan fingerprint density at radius 1 is 1.20 bits per heavy atom. The molecule has 0 aliphatic rings. The quantitative estimate of drug-likeness (QED) is 0.848. The molecule has 20 heavy (non-hydrogen) atoms. The molecular weight excluding hydrogens is 283 g/mol. The maximum atomic E-state index is 13.2. The second-order valence-corrected chi connectivity index (χ2v) is 5.67. The summed E-state index contributed by atoms with van der Waals surface area (Å²) in [6.07, 6.45) is 0. The van der Waals surface area contributed by atoms with Gasteiger partial charge in [-0.1, -0.05) is 6.07 Å². The highest BCUT2D eigenvalue weighted by atomic mass is 32.2. The number of benzene rings is 2. The van der Waals surface area contributed by atoms with Crippen molar-refractivity contribution in [2.45, 2.75) is 4.90 Å². The summed E-state index contributed by atoms with van der Waals surface area (Å²) in [6, 6.07) is 9.54. The van der Waals surface area contributed by atoms with E-state index in [2.05, 4.69) is 4.72 Å². The lowest BCUT2D eigenvalue weighted by Crippen LogP contribution is -2.15. The van der Waals surface area contributed by atoms with Gasteiger partial charge < -0.3 is 10.5 Å². The van der Waals surface area contributed by atoms with Crippen LogP contribution in [0.15, 0.2) is 47.4 Å². The molecule has 0 unspecified atom stereocenters. The maximum absolute atomic E-state index is 13.2. The van der Waals surface area contributed by atoms with Gasteiger partial charge in [-0.25, -0.2) is 12.8 Å². The summed E-state index contributed by atoms with van der Waals surface area (Å²) in [5.74, 6) is -0.178. The number of sulfonamides is 1. The highest BCUT2D eigenvalue weighted by Gasteiger charge is 2.18. The molecule has 2 rings (SSSR count). The number of halogens is 1. The minimum atomic E-state index is -3.96. The minimum absolute atomic E-state index is 0.0261. The van der Waals surface area contributed by atoms with Crippen molar-refractivity contribution < 1.29 is 17.5 Å². The van der Waals surface area contributed by atoms with Gasteiger partial charge in [-0.05, 0) is 30.3 Å². The van der Waals surface area contributed by atoms with Crippen LogP contribution < -0.4 is 15.2 Å². The van der Waals surface area contributed by atoms with Crippen LogP contribution in [0.2, 0.25) is 0 Å². The first kappa shape index (κ1) is 14.1. The highest BCUT2D eigenvalue weighted by Crippen LogP contribution is 2.24. The number of hydrogen-bond acceptors (Lipinski definition) is 4. The predicted molar refractivity (Wildman–Crippen MR) is 74.6 cm³/mol. The SMILES string of the molecule is COc1cccc(NS(=O)(=O)c2cc(F)ccc2N)c1. The molecule has 0 bridgehead atoms. The molecule has 106 valence electrons. The molecule has 0 amide bonds. The molecule has 2 aromatic carbocycles. The van der Waals surface area contributed by atoms with Crippen molar-refractivity contribution in [2.24, 2.45) is 0 Å². The molecule has 5 nitrogen and oxygen atoms in total. The van der Waals surface area contributed by atoms with E-state index in [-0.39, 0.29) is 10.6 Å². The summed E-state index contributed by atoms with van der Waals surface area (Å²) in [6.45, 7) is 0. The standard InChI is InChI=1S/C13H13FN2O3S/c1-19-11-4-2-3-10(8-11)16-20(17,18)13-7-9(14)5-6-12(13)15/h2-8,16H,15H2,1H3. The molecule has 0 spiro atoms. The molecule has 0 aliphatic carbocycles. The molecule has 0 atom stereocenters. The van der Waals surface area contributed by atoms with Gasteiger partial charge in [0.05, 0.1) is 18.5 Å². The summed E-state index contributed by atoms with van der Waals surface area (Å²) in [4.78, 5) is -0.305. The number of nitrogens with two attached hydrogens (primary N) is 1. The summed E-state index contributed by atoms with van der Waals surface area (Å²) < 4.78 is 44.8. The van der Waals surface area contributed by atoms with Crippen LogP contribution >= 0.6 is 0 Å². The van der Waals surface area contributed by atoms with E-state index < -0.39 is 15.8 Å². The molecule has 0 heterocycles. The summed E-state index contributed by atoms with van der Waals surface area (Å²) >= 11 is 0. The number of anilines is 2. The van der Waals surface area contributed by atoms with E-state index >= 15 is 0 Å². The van der Waals surface area contributed by atoms with Gasteiger partial charge in [0.25, 0.3) is 10.0 Å². The monoisotopic (exact) mass is 296 g/mol. The van der Waals surface area contributed by atoms with Crippen molar-refractivity contribution in [1.29, 1.82) is 0 Å². The Hall–Kier alpha value is -2.28. The van der Waals surface area contributed by atoms with Crippen LogP contribution in [-0.2, 0) is 10.0 Å². The Balaban J connectivity index is 2.38. The van der Waals surface area contributed by atoms with Gasteiger partial charge >= 0.3 is 0 Å². The Labute approximate surface area is 116 Å². The van der Waals surface area contributed by atoms with Crippen LogP contribution in [0, 0.1) is 5.82 Å². The molecule has 2 aromatic rings. The van der Waals surface area contributed by atoms with Crippen molar-refractivity contribution >= 4 is 21.4 Å². The van der Waals surface area contributed by atoms with Gasteiger partial charge in [0.2, 0.25) is 0 Å². The minimum Gasteiger partial charge on any atom is -0.497 e. The second kappa shape index (κ2) is 5.38. The fraction of sp³-hybridized carbons (Fsp3) is 0.0769. The number of nitrogens with one attached hydrogen (secondary N) is 1. The van der Waals surface area contributed by atoms with E-state index in [0.717, 1.165) is 12.1 Å². The van der Waals surface area contributed by atoms with Crippen LogP contribution in [0.5, 0.6) is 5.75 Å². The summed E-state index contributed by atoms with van der Waals surface area (Å²) in [5.41, 5.74) is 5.85. The van der Waals surface area contributed by atoms with Gasteiger partial charge in [0.15, 0.2) is 0 Å². The van der Waals surface area contributed by atoms with E-state index in [1.165, 1.54) is 19.2 Å². The average molecular weight is 296 g/mol. The number of nitrogen functional groups attached to an aromatic ring is 1. The lowest BCUT2D eigenvalue weighted by atomic mass is 10.3. The fourth-order valence-corrected chi connectivity index (χ4v) is 2.83. The number of ether oxygens (including phenoxy) is 1. The third-order valence-corrected chi connectivity index (χ3v) is 4.02. The summed E-state index contributed by atoms with van der Waals surface area (Å²) in [7, 11) is -2.49. The fourth-order valence-electron chi connectivity index (χ4n) is 1.64. The van der Waals surface area contributed by atoms with E-state index in [4.69, 9.17) is 10.5 Å². The van der Waals surface area contributed by atoms with Crippen molar-refractivity contribution in [3.8, 4) is 5.75 Å². The lowest BCUT2D eigenvalue weighted by Gasteiger charge is -2.11. The molecular formula is C13H13FN2O3S. The van der Waals surface area contributed by atoms with E-state index in [1.807, 2.05) is 0 Å². The normalized spacial score (nSPS) is 11.1. The average Bonchev–Trinajstić information content (AvgIpc) is 2.41. The number of hydrogen-bond donors (Lipinski definition) is 2. The van der Waals surface area contributed by atoms with Gasteiger partial charge in [0.1, 0.15) is 16.5 Å². The van der Waals surface area contributed by atoms with Crippen molar-refractivity contribution in [1.82, 2.24) is 0 Å². The molecule has 0 saturated carbocycles. The number of methoxy groups -OCH3 is 1. The van der Waals surface area contributed by atoms with Gasteiger partial charge in [0, 0.05) is 6.07 Å². The van der Waals surface area contributed by atoms with Crippen molar-refractivity contribution in [3.63, 3.8) is 0 Å². The van der Waals surface area contributed by atoms with Crippen LogP contribution in [0.4, 0.5) is 15.8 Å². The van der Waals surface area contributed by atoms with Crippen molar-refractivity contribution in [3.05, 3.63) is 48.3 Å².